The first kappa shape index (κ1) is 14.8. The maximum Gasteiger partial charge on any atom is 0.239 e. The van der Waals surface area contributed by atoms with Crippen LogP contribution in [0.4, 0.5) is 0 Å². The molecule has 5 nitrogen and oxygen atoms in total. The fourth-order valence-corrected chi connectivity index (χ4v) is 2.77. The Balaban J connectivity index is 1.70. The van der Waals surface area contributed by atoms with E-state index >= 15 is 0 Å². The highest BCUT2D eigenvalue weighted by Crippen LogP contribution is 2.10. The summed E-state index contributed by atoms with van der Waals surface area (Å²) in [6.45, 7) is 7.29. The molecular formula is C14H27N3O2. The van der Waals surface area contributed by atoms with Gasteiger partial charge in [-0.1, -0.05) is 0 Å². The molecule has 0 aliphatic carbocycles. The Bertz CT molecular complexity index is 292. The molecule has 0 saturated carbocycles. The molecule has 2 rings (SSSR count). The highest BCUT2D eigenvalue weighted by molar-refractivity contribution is 5.81. The Labute approximate surface area is 116 Å². The Morgan fingerprint density at radius 1 is 1.32 bits per heavy atom. The van der Waals surface area contributed by atoms with Crippen LogP contribution in [-0.2, 0) is 9.53 Å². The molecule has 110 valence electrons. The van der Waals surface area contributed by atoms with Crippen molar-refractivity contribution in [3.63, 3.8) is 0 Å². The monoisotopic (exact) mass is 269 g/mol. The van der Waals surface area contributed by atoms with Crippen molar-refractivity contribution in [2.24, 2.45) is 0 Å². The van der Waals surface area contributed by atoms with Gasteiger partial charge >= 0.3 is 0 Å². The van der Waals surface area contributed by atoms with E-state index < -0.39 is 0 Å². The number of carbonyl (C=O) groups is 1. The van der Waals surface area contributed by atoms with Crippen molar-refractivity contribution in [2.75, 3.05) is 46.4 Å². The third kappa shape index (κ3) is 4.44. The predicted molar refractivity (Wildman–Crippen MR) is 75.1 cm³/mol. The molecule has 5 heteroatoms. The minimum Gasteiger partial charge on any atom is -0.374 e. The van der Waals surface area contributed by atoms with Gasteiger partial charge in [-0.15, -0.1) is 0 Å². The maximum atomic E-state index is 12.2. The van der Waals surface area contributed by atoms with Crippen molar-refractivity contribution >= 4 is 5.91 Å². The number of likely N-dealkylation sites (N-methyl/N-ethyl adjacent to an activating group) is 1. The van der Waals surface area contributed by atoms with Gasteiger partial charge in [0.1, 0.15) is 0 Å². The van der Waals surface area contributed by atoms with Crippen LogP contribution in [0.2, 0.25) is 0 Å². The second-order valence-electron chi connectivity index (χ2n) is 5.77. The summed E-state index contributed by atoms with van der Waals surface area (Å²) in [5, 5.41) is 3.33. The molecule has 2 aliphatic rings. The third-order valence-electron chi connectivity index (χ3n) is 4.03. The molecule has 0 aromatic heterocycles. The predicted octanol–water partition coefficient (Wildman–Crippen LogP) is 0.308. The number of morpholine rings is 1. The summed E-state index contributed by atoms with van der Waals surface area (Å²) in [5.74, 6) is 0.240. The molecule has 2 fully saturated rings. The Morgan fingerprint density at radius 3 is 2.74 bits per heavy atom. The van der Waals surface area contributed by atoms with Crippen molar-refractivity contribution < 1.29 is 9.53 Å². The molecule has 0 bridgehead atoms. The summed E-state index contributed by atoms with van der Waals surface area (Å²) in [7, 11) is 2.11. The maximum absolute atomic E-state index is 12.2. The zero-order valence-electron chi connectivity index (χ0n) is 12.2. The standard InChI is InChI=1S/C14H27N3O2/c1-12(14(18)17-6-4-3-5-7-17)15-10-13-11-16(2)8-9-19-13/h12-13,15H,3-11H2,1-2H3. The zero-order valence-corrected chi connectivity index (χ0v) is 12.2. The lowest BCUT2D eigenvalue weighted by Gasteiger charge is -2.32. The number of carbonyl (C=O) groups excluding carboxylic acids is 1. The number of rotatable bonds is 4. The molecule has 2 aliphatic heterocycles. The van der Waals surface area contributed by atoms with Gasteiger partial charge in [-0.3, -0.25) is 4.79 Å². The van der Waals surface area contributed by atoms with Crippen LogP contribution in [0.15, 0.2) is 0 Å². The van der Waals surface area contributed by atoms with Crippen LogP contribution in [0, 0.1) is 0 Å². The van der Waals surface area contributed by atoms with Crippen LogP contribution < -0.4 is 5.32 Å². The summed E-state index contributed by atoms with van der Waals surface area (Å²) in [6, 6.07) is -0.103. The first-order valence-electron chi connectivity index (χ1n) is 7.49. The van der Waals surface area contributed by atoms with E-state index in [0.717, 1.165) is 52.2 Å². The first-order chi connectivity index (χ1) is 9.16. The van der Waals surface area contributed by atoms with Crippen molar-refractivity contribution in [3.8, 4) is 0 Å². The van der Waals surface area contributed by atoms with Crippen molar-refractivity contribution in [1.82, 2.24) is 15.1 Å². The summed E-state index contributed by atoms with van der Waals surface area (Å²) in [6.07, 6.45) is 3.76. The van der Waals surface area contributed by atoms with Crippen LogP contribution >= 0.6 is 0 Å². The van der Waals surface area contributed by atoms with E-state index in [1.165, 1.54) is 6.42 Å². The van der Waals surface area contributed by atoms with E-state index in [1.807, 2.05) is 11.8 Å². The largest absolute Gasteiger partial charge is 0.374 e. The van der Waals surface area contributed by atoms with E-state index in [0.29, 0.717) is 0 Å². The average Bonchev–Trinajstić information content (AvgIpc) is 2.45. The van der Waals surface area contributed by atoms with Gasteiger partial charge < -0.3 is 19.9 Å². The molecule has 0 aromatic carbocycles. The van der Waals surface area contributed by atoms with Crippen LogP contribution in [0.1, 0.15) is 26.2 Å². The number of nitrogens with zero attached hydrogens (tertiary/aromatic N) is 2. The second kappa shape index (κ2) is 7.22. The molecule has 0 aromatic rings. The fraction of sp³-hybridized carbons (Fsp3) is 0.929. The molecule has 2 heterocycles. The summed E-state index contributed by atoms with van der Waals surface area (Å²) >= 11 is 0. The SMILES string of the molecule is CC(NCC1CN(C)CCO1)C(=O)N1CCCCC1. The van der Waals surface area contributed by atoms with Gasteiger partial charge in [0.25, 0.3) is 0 Å². The summed E-state index contributed by atoms with van der Waals surface area (Å²) < 4.78 is 5.69. The molecule has 2 unspecified atom stereocenters. The minimum atomic E-state index is -0.103. The van der Waals surface area contributed by atoms with Crippen molar-refractivity contribution in [2.45, 2.75) is 38.3 Å². The highest BCUT2D eigenvalue weighted by atomic mass is 16.5. The van der Waals surface area contributed by atoms with Crippen LogP contribution in [0.5, 0.6) is 0 Å². The number of ether oxygens (including phenoxy) is 1. The average molecular weight is 269 g/mol. The molecule has 2 saturated heterocycles. The van der Waals surface area contributed by atoms with Gasteiger partial charge in [0, 0.05) is 32.7 Å². The molecule has 1 amide bonds. The van der Waals surface area contributed by atoms with Gasteiger partial charge in [-0.2, -0.15) is 0 Å². The number of piperidine rings is 1. The van der Waals surface area contributed by atoms with Gasteiger partial charge in [0.15, 0.2) is 0 Å². The number of hydrogen-bond acceptors (Lipinski definition) is 4. The number of amides is 1. The Morgan fingerprint density at radius 2 is 2.05 bits per heavy atom. The number of nitrogens with one attached hydrogen (secondary N) is 1. The van der Waals surface area contributed by atoms with E-state index in [9.17, 15) is 4.79 Å². The number of hydrogen-bond donors (Lipinski definition) is 1. The number of likely N-dealkylation sites (tertiary alicyclic amines) is 1. The fourth-order valence-electron chi connectivity index (χ4n) is 2.77. The molecular weight excluding hydrogens is 242 g/mol. The van der Waals surface area contributed by atoms with Crippen LogP contribution in [0.25, 0.3) is 0 Å². The van der Waals surface area contributed by atoms with Gasteiger partial charge in [-0.05, 0) is 33.2 Å². The first-order valence-corrected chi connectivity index (χ1v) is 7.49. The summed E-state index contributed by atoms with van der Waals surface area (Å²) in [4.78, 5) is 16.5. The normalized spacial score (nSPS) is 27.3. The van der Waals surface area contributed by atoms with Crippen molar-refractivity contribution in [3.05, 3.63) is 0 Å². The second-order valence-corrected chi connectivity index (χ2v) is 5.77. The lowest BCUT2D eigenvalue weighted by Crippen LogP contribution is -2.51. The summed E-state index contributed by atoms with van der Waals surface area (Å²) in [5.41, 5.74) is 0. The Kier molecular flexibility index (Phi) is 5.60. The van der Waals surface area contributed by atoms with Crippen LogP contribution in [-0.4, -0.2) is 74.2 Å². The molecule has 2 atom stereocenters. The molecule has 19 heavy (non-hydrogen) atoms. The molecule has 0 spiro atoms. The Hall–Kier alpha value is -0.650. The van der Waals surface area contributed by atoms with Crippen LogP contribution in [0.3, 0.4) is 0 Å². The highest BCUT2D eigenvalue weighted by Gasteiger charge is 2.24. The quantitative estimate of drug-likeness (QED) is 0.798. The van der Waals surface area contributed by atoms with E-state index in [-0.39, 0.29) is 18.1 Å². The minimum absolute atomic E-state index is 0.103. The lowest BCUT2D eigenvalue weighted by atomic mass is 10.1. The third-order valence-corrected chi connectivity index (χ3v) is 4.03. The van der Waals surface area contributed by atoms with E-state index in [1.54, 1.807) is 0 Å². The van der Waals surface area contributed by atoms with Crippen molar-refractivity contribution in [1.29, 1.82) is 0 Å². The van der Waals surface area contributed by atoms with E-state index in [4.69, 9.17) is 4.74 Å². The molecule has 1 N–H and O–H groups in total. The van der Waals surface area contributed by atoms with Gasteiger partial charge in [0.2, 0.25) is 5.91 Å². The zero-order chi connectivity index (χ0) is 13.7. The van der Waals surface area contributed by atoms with E-state index in [2.05, 4.69) is 17.3 Å². The topological polar surface area (TPSA) is 44.8 Å². The van der Waals surface area contributed by atoms with Gasteiger partial charge in [-0.25, -0.2) is 0 Å². The smallest absolute Gasteiger partial charge is 0.239 e. The lowest BCUT2D eigenvalue weighted by molar-refractivity contribution is -0.134. The van der Waals surface area contributed by atoms with Gasteiger partial charge in [0.05, 0.1) is 18.8 Å². The molecule has 0 radical (unpaired) electrons.